The van der Waals surface area contributed by atoms with E-state index in [1.807, 2.05) is 0 Å². The Morgan fingerprint density at radius 2 is 2.13 bits per heavy atom. The number of nitriles is 2. The molecule has 0 spiro atoms. The second kappa shape index (κ2) is 4.47. The van der Waals surface area contributed by atoms with Gasteiger partial charge in [0.25, 0.3) is 6.43 Å². The van der Waals surface area contributed by atoms with Crippen LogP contribution in [0, 0.1) is 29.6 Å². The van der Waals surface area contributed by atoms with Gasteiger partial charge in [-0.3, -0.25) is 0 Å². The molecule has 5 heteroatoms. The van der Waals surface area contributed by atoms with Crippen LogP contribution < -0.4 is 0 Å². The van der Waals surface area contributed by atoms with E-state index in [9.17, 15) is 8.78 Å². The average Bonchev–Trinajstić information content (AvgIpc) is 2.18. The van der Waals surface area contributed by atoms with Crippen LogP contribution in [0.2, 0.25) is 0 Å². The van der Waals surface area contributed by atoms with Gasteiger partial charge in [0.2, 0.25) is 0 Å². The van der Waals surface area contributed by atoms with E-state index in [1.165, 1.54) is 13.1 Å². The van der Waals surface area contributed by atoms with Gasteiger partial charge in [0.15, 0.2) is 0 Å². The van der Waals surface area contributed by atoms with Gasteiger partial charge in [-0.25, -0.2) is 13.8 Å². The van der Waals surface area contributed by atoms with Gasteiger partial charge in [0.1, 0.15) is 11.8 Å². The Bertz CT molecular complexity index is 455. The van der Waals surface area contributed by atoms with Crippen molar-refractivity contribution < 1.29 is 8.78 Å². The molecule has 0 aromatic carbocycles. The van der Waals surface area contributed by atoms with E-state index < -0.39 is 6.43 Å². The fourth-order valence-electron chi connectivity index (χ4n) is 1.33. The lowest BCUT2D eigenvalue weighted by Crippen LogP contribution is -2.03. The molecule has 15 heavy (non-hydrogen) atoms. The van der Waals surface area contributed by atoms with Crippen LogP contribution in [0.25, 0.3) is 0 Å². The third-order valence-corrected chi connectivity index (χ3v) is 2.00. The molecular formula is C10H7F2N3. The van der Waals surface area contributed by atoms with Crippen LogP contribution in [-0.4, -0.2) is 4.98 Å². The molecule has 0 N–H and O–H groups in total. The summed E-state index contributed by atoms with van der Waals surface area (Å²) in [5.74, 6) is 0. The van der Waals surface area contributed by atoms with E-state index in [-0.39, 0.29) is 23.2 Å². The molecule has 0 amide bonds. The van der Waals surface area contributed by atoms with Gasteiger partial charge in [-0.2, -0.15) is 10.5 Å². The van der Waals surface area contributed by atoms with Crippen LogP contribution in [0.5, 0.6) is 0 Å². The molecule has 0 saturated heterocycles. The Balaban J connectivity index is 3.47. The normalized spacial score (nSPS) is 9.73. The molecule has 0 aliphatic rings. The second-order valence-electron chi connectivity index (χ2n) is 2.93. The summed E-state index contributed by atoms with van der Waals surface area (Å²) in [6.07, 6.45) is -1.69. The molecule has 1 rings (SSSR count). The Morgan fingerprint density at radius 1 is 1.47 bits per heavy atom. The predicted octanol–water partition coefficient (Wildman–Crippen LogP) is 2.27. The summed E-state index contributed by atoms with van der Waals surface area (Å²) < 4.78 is 25.4. The molecule has 0 saturated carbocycles. The Hall–Kier alpha value is -2.01. The molecule has 0 atom stereocenters. The van der Waals surface area contributed by atoms with E-state index in [2.05, 4.69) is 4.98 Å². The lowest BCUT2D eigenvalue weighted by atomic mass is 10.0. The van der Waals surface area contributed by atoms with Crippen LogP contribution in [0.3, 0.4) is 0 Å². The topological polar surface area (TPSA) is 60.5 Å². The molecular weight excluding hydrogens is 200 g/mol. The van der Waals surface area contributed by atoms with Crippen LogP contribution in [0.15, 0.2) is 6.20 Å². The fraction of sp³-hybridized carbons (Fsp3) is 0.300. The molecule has 1 aromatic rings. The highest BCUT2D eigenvalue weighted by atomic mass is 19.3. The van der Waals surface area contributed by atoms with Crippen molar-refractivity contribution >= 4 is 0 Å². The second-order valence-corrected chi connectivity index (χ2v) is 2.93. The Morgan fingerprint density at radius 3 is 2.60 bits per heavy atom. The van der Waals surface area contributed by atoms with Crippen molar-refractivity contribution in [2.24, 2.45) is 0 Å². The molecule has 3 nitrogen and oxygen atoms in total. The highest BCUT2D eigenvalue weighted by molar-refractivity contribution is 5.43. The van der Waals surface area contributed by atoms with E-state index in [4.69, 9.17) is 10.5 Å². The molecule has 0 unspecified atom stereocenters. The number of alkyl halides is 2. The number of hydrogen-bond donors (Lipinski definition) is 0. The zero-order chi connectivity index (χ0) is 11.4. The average molecular weight is 207 g/mol. The first-order valence-electron chi connectivity index (χ1n) is 4.15. The van der Waals surface area contributed by atoms with Crippen molar-refractivity contribution in [1.29, 1.82) is 10.5 Å². The van der Waals surface area contributed by atoms with Crippen LogP contribution >= 0.6 is 0 Å². The number of aromatic nitrogens is 1. The summed E-state index contributed by atoms with van der Waals surface area (Å²) in [5.41, 5.74) is -0.00944. The molecule has 0 fully saturated rings. The Labute approximate surface area is 85.6 Å². The first kappa shape index (κ1) is 11.1. The number of aryl methyl sites for hydroxylation is 1. The largest absolute Gasteiger partial charge is 0.264 e. The maximum Gasteiger partial charge on any atom is 0.264 e. The summed E-state index contributed by atoms with van der Waals surface area (Å²) in [6.45, 7) is 1.48. The number of hydrogen-bond acceptors (Lipinski definition) is 3. The smallest absolute Gasteiger partial charge is 0.245 e. The highest BCUT2D eigenvalue weighted by Crippen LogP contribution is 2.27. The minimum atomic E-state index is -2.69. The number of halogens is 2. The van der Waals surface area contributed by atoms with Crippen molar-refractivity contribution in [2.45, 2.75) is 19.8 Å². The lowest BCUT2D eigenvalue weighted by Gasteiger charge is -2.09. The highest BCUT2D eigenvalue weighted by Gasteiger charge is 2.19. The van der Waals surface area contributed by atoms with Gasteiger partial charge >= 0.3 is 0 Å². The van der Waals surface area contributed by atoms with Crippen LogP contribution in [0.4, 0.5) is 8.78 Å². The van der Waals surface area contributed by atoms with Crippen molar-refractivity contribution in [3.8, 4) is 12.1 Å². The lowest BCUT2D eigenvalue weighted by molar-refractivity contribution is 0.149. The number of nitrogens with zero attached hydrogens (tertiary/aromatic N) is 3. The van der Waals surface area contributed by atoms with E-state index in [0.29, 0.717) is 5.56 Å². The number of pyridine rings is 1. The first-order valence-corrected chi connectivity index (χ1v) is 4.15. The maximum absolute atomic E-state index is 12.7. The standard InChI is InChI=1S/C10H7F2N3/c1-6-5-15-8(4-14)7(2-3-13)9(6)10(11)12/h5,10H,2H2,1H3. The molecule has 0 bridgehead atoms. The van der Waals surface area contributed by atoms with Crippen LogP contribution in [-0.2, 0) is 6.42 Å². The minimum absolute atomic E-state index is 0.0370. The summed E-state index contributed by atoms with van der Waals surface area (Å²) in [4.78, 5) is 3.71. The van der Waals surface area contributed by atoms with Crippen molar-refractivity contribution in [2.75, 3.05) is 0 Å². The SMILES string of the molecule is Cc1cnc(C#N)c(CC#N)c1C(F)F. The molecule has 0 aliphatic carbocycles. The van der Waals surface area contributed by atoms with Crippen molar-refractivity contribution in [1.82, 2.24) is 4.98 Å². The third-order valence-electron chi connectivity index (χ3n) is 2.00. The molecule has 1 aromatic heterocycles. The third kappa shape index (κ3) is 2.08. The molecule has 0 aliphatic heterocycles. The Kier molecular flexibility index (Phi) is 3.30. The van der Waals surface area contributed by atoms with Gasteiger partial charge in [0, 0.05) is 17.3 Å². The summed E-state index contributed by atoms with van der Waals surface area (Å²) in [7, 11) is 0. The quantitative estimate of drug-likeness (QED) is 0.747. The summed E-state index contributed by atoms with van der Waals surface area (Å²) in [5, 5.41) is 17.2. The van der Waals surface area contributed by atoms with Gasteiger partial charge < -0.3 is 0 Å². The van der Waals surface area contributed by atoms with Gasteiger partial charge in [-0.05, 0) is 12.5 Å². The van der Waals surface area contributed by atoms with Crippen LogP contribution in [0.1, 0.15) is 28.8 Å². The predicted molar refractivity (Wildman–Crippen MR) is 48.0 cm³/mol. The molecule has 0 radical (unpaired) electrons. The summed E-state index contributed by atoms with van der Waals surface area (Å²) >= 11 is 0. The van der Waals surface area contributed by atoms with Crippen molar-refractivity contribution in [3.63, 3.8) is 0 Å². The van der Waals surface area contributed by atoms with E-state index in [1.54, 1.807) is 12.1 Å². The minimum Gasteiger partial charge on any atom is -0.245 e. The van der Waals surface area contributed by atoms with Gasteiger partial charge in [-0.1, -0.05) is 0 Å². The zero-order valence-corrected chi connectivity index (χ0v) is 7.96. The number of rotatable bonds is 2. The van der Waals surface area contributed by atoms with E-state index in [0.717, 1.165) is 0 Å². The van der Waals surface area contributed by atoms with Crippen molar-refractivity contribution in [3.05, 3.63) is 28.6 Å². The molecule has 1 heterocycles. The first-order chi connectivity index (χ1) is 7.11. The van der Waals surface area contributed by atoms with E-state index >= 15 is 0 Å². The maximum atomic E-state index is 12.7. The molecule has 76 valence electrons. The monoisotopic (exact) mass is 207 g/mol. The zero-order valence-electron chi connectivity index (χ0n) is 7.96. The van der Waals surface area contributed by atoms with Gasteiger partial charge in [0.05, 0.1) is 12.5 Å². The fourth-order valence-corrected chi connectivity index (χ4v) is 1.33. The van der Waals surface area contributed by atoms with Gasteiger partial charge in [-0.15, -0.1) is 0 Å². The summed E-state index contributed by atoms with van der Waals surface area (Å²) in [6, 6.07) is 3.46.